The predicted molar refractivity (Wildman–Crippen MR) is 83.1 cm³/mol. The molecular formula is C16H27N3O. The lowest BCUT2D eigenvalue weighted by molar-refractivity contribution is 0.212. The Labute approximate surface area is 122 Å². The third-order valence-electron chi connectivity index (χ3n) is 4.24. The summed E-state index contributed by atoms with van der Waals surface area (Å²) in [4.78, 5) is 4.79. The SMILES string of the molecule is COc1ccccc1C(N)CN(C)CC1CCCN1C. The van der Waals surface area contributed by atoms with Crippen LogP contribution < -0.4 is 10.5 Å². The van der Waals surface area contributed by atoms with Crippen LogP contribution in [0.5, 0.6) is 5.75 Å². The van der Waals surface area contributed by atoms with Crippen molar-refractivity contribution in [3.63, 3.8) is 0 Å². The Kier molecular flexibility index (Phi) is 5.40. The zero-order valence-electron chi connectivity index (χ0n) is 12.9. The van der Waals surface area contributed by atoms with E-state index in [0.29, 0.717) is 6.04 Å². The molecule has 0 bridgehead atoms. The molecular weight excluding hydrogens is 250 g/mol. The van der Waals surface area contributed by atoms with Gasteiger partial charge in [0, 0.05) is 30.7 Å². The highest BCUT2D eigenvalue weighted by atomic mass is 16.5. The first-order chi connectivity index (χ1) is 9.61. The molecule has 2 N–H and O–H groups in total. The van der Waals surface area contributed by atoms with Crippen molar-refractivity contribution < 1.29 is 4.74 Å². The summed E-state index contributed by atoms with van der Waals surface area (Å²) in [7, 11) is 6.07. The largest absolute Gasteiger partial charge is 0.496 e. The molecule has 1 aliphatic rings. The van der Waals surface area contributed by atoms with Gasteiger partial charge in [0.2, 0.25) is 0 Å². The summed E-state index contributed by atoms with van der Waals surface area (Å²) in [6.45, 7) is 3.15. The molecule has 20 heavy (non-hydrogen) atoms. The molecule has 0 amide bonds. The first kappa shape index (κ1) is 15.3. The second-order valence-corrected chi connectivity index (χ2v) is 5.85. The van der Waals surface area contributed by atoms with Gasteiger partial charge in [-0.25, -0.2) is 0 Å². The Morgan fingerprint density at radius 1 is 1.45 bits per heavy atom. The van der Waals surface area contributed by atoms with Gasteiger partial charge in [0.15, 0.2) is 0 Å². The van der Waals surface area contributed by atoms with Gasteiger partial charge in [-0.05, 0) is 39.5 Å². The van der Waals surface area contributed by atoms with E-state index in [1.54, 1.807) is 7.11 Å². The van der Waals surface area contributed by atoms with E-state index in [1.165, 1.54) is 19.4 Å². The Bertz CT molecular complexity index is 424. The quantitative estimate of drug-likeness (QED) is 0.860. The molecule has 4 nitrogen and oxygen atoms in total. The number of nitrogens with two attached hydrogens (primary N) is 1. The molecule has 112 valence electrons. The van der Waals surface area contributed by atoms with Crippen LogP contribution in [0.2, 0.25) is 0 Å². The smallest absolute Gasteiger partial charge is 0.123 e. The van der Waals surface area contributed by atoms with Crippen molar-refractivity contribution in [1.29, 1.82) is 0 Å². The highest BCUT2D eigenvalue weighted by Gasteiger charge is 2.23. The molecule has 0 saturated carbocycles. The van der Waals surface area contributed by atoms with E-state index in [-0.39, 0.29) is 6.04 Å². The van der Waals surface area contributed by atoms with Gasteiger partial charge in [0.25, 0.3) is 0 Å². The number of benzene rings is 1. The van der Waals surface area contributed by atoms with Crippen LogP contribution in [0.4, 0.5) is 0 Å². The molecule has 1 aliphatic heterocycles. The molecule has 0 spiro atoms. The van der Waals surface area contributed by atoms with Gasteiger partial charge in [0.05, 0.1) is 7.11 Å². The number of methoxy groups -OCH3 is 1. The second kappa shape index (κ2) is 7.07. The lowest BCUT2D eigenvalue weighted by atomic mass is 10.1. The molecule has 0 aromatic heterocycles. The fraction of sp³-hybridized carbons (Fsp3) is 0.625. The van der Waals surface area contributed by atoms with Crippen LogP contribution >= 0.6 is 0 Å². The van der Waals surface area contributed by atoms with E-state index in [0.717, 1.165) is 24.4 Å². The molecule has 2 atom stereocenters. The predicted octanol–water partition coefficient (Wildman–Crippen LogP) is 1.72. The molecule has 1 aromatic carbocycles. The molecule has 1 saturated heterocycles. The molecule has 1 aromatic rings. The summed E-state index contributed by atoms with van der Waals surface area (Å²) >= 11 is 0. The summed E-state index contributed by atoms with van der Waals surface area (Å²) in [6, 6.07) is 8.68. The van der Waals surface area contributed by atoms with Crippen molar-refractivity contribution in [2.75, 3.05) is 40.8 Å². The van der Waals surface area contributed by atoms with E-state index in [9.17, 15) is 0 Å². The summed E-state index contributed by atoms with van der Waals surface area (Å²) in [5.41, 5.74) is 7.43. The van der Waals surface area contributed by atoms with E-state index in [2.05, 4.69) is 30.0 Å². The number of likely N-dealkylation sites (tertiary alicyclic amines) is 1. The van der Waals surface area contributed by atoms with Crippen LogP contribution in [-0.2, 0) is 0 Å². The number of likely N-dealkylation sites (N-methyl/N-ethyl adjacent to an activating group) is 2. The molecule has 4 heteroatoms. The van der Waals surface area contributed by atoms with Gasteiger partial charge in [-0.1, -0.05) is 18.2 Å². The van der Waals surface area contributed by atoms with E-state index >= 15 is 0 Å². The summed E-state index contributed by atoms with van der Waals surface area (Å²) < 4.78 is 5.39. The lowest BCUT2D eigenvalue weighted by Crippen LogP contribution is -2.39. The van der Waals surface area contributed by atoms with Crippen LogP contribution in [0.25, 0.3) is 0 Å². The van der Waals surface area contributed by atoms with Crippen LogP contribution in [0.15, 0.2) is 24.3 Å². The lowest BCUT2D eigenvalue weighted by Gasteiger charge is -2.28. The first-order valence-corrected chi connectivity index (χ1v) is 7.39. The van der Waals surface area contributed by atoms with Gasteiger partial charge in [-0.3, -0.25) is 0 Å². The van der Waals surface area contributed by atoms with Gasteiger partial charge in [-0.2, -0.15) is 0 Å². The maximum Gasteiger partial charge on any atom is 0.123 e. The third kappa shape index (κ3) is 3.72. The van der Waals surface area contributed by atoms with Crippen LogP contribution in [-0.4, -0.2) is 56.7 Å². The van der Waals surface area contributed by atoms with Crippen molar-refractivity contribution >= 4 is 0 Å². The Morgan fingerprint density at radius 3 is 2.85 bits per heavy atom. The Morgan fingerprint density at radius 2 is 2.20 bits per heavy atom. The highest BCUT2D eigenvalue weighted by Crippen LogP contribution is 2.24. The van der Waals surface area contributed by atoms with Gasteiger partial charge in [0.1, 0.15) is 5.75 Å². The van der Waals surface area contributed by atoms with Crippen molar-refractivity contribution in [3.8, 4) is 5.75 Å². The third-order valence-corrected chi connectivity index (χ3v) is 4.24. The van der Waals surface area contributed by atoms with E-state index < -0.39 is 0 Å². The fourth-order valence-corrected chi connectivity index (χ4v) is 3.05. The maximum absolute atomic E-state index is 6.35. The fourth-order valence-electron chi connectivity index (χ4n) is 3.05. The number of rotatable bonds is 6. The number of hydrogen-bond donors (Lipinski definition) is 1. The number of hydrogen-bond acceptors (Lipinski definition) is 4. The highest BCUT2D eigenvalue weighted by molar-refractivity contribution is 5.35. The minimum atomic E-state index is -0.0112. The number of ether oxygens (including phenoxy) is 1. The number of nitrogens with zero attached hydrogens (tertiary/aromatic N) is 2. The van der Waals surface area contributed by atoms with Gasteiger partial charge >= 0.3 is 0 Å². The van der Waals surface area contributed by atoms with Gasteiger partial charge in [-0.15, -0.1) is 0 Å². The standard InChI is InChI=1S/C16H27N3O/c1-18(11-13-7-6-10-19(13)2)12-15(17)14-8-4-5-9-16(14)20-3/h4-5,8-9,13,15H,6-7,10-12,17H2,1-3H3. The van der Waals surface area contributed by atoms with E-state index in [1.807, 2.05) is 18.2 Å². The van der Waals surface area contributed by atoms with Crippen molar-refractivity contribution in [1.82, 2.24) is 9.80 Å². The van der Waals surface area contributed by atoms with Crippen molar-refractivity contribution in [3.05, 3.63) is 29.8 Å². The molecule has 0 radical (unpaired) electrons. The summed E-state index contributed by atoms with van der Waals surface area (Å²) in [6.07, 6.45) is 2.61. The van der Waals surface area contributed by atoms with Crippen LogP contribution in [0.3, 0.4) is 0 Å². The monoisotopic (exact) mass is 277 g/mol. The van der Waals surface area contributed by atoms with Gasteiger partial charge < -0.3 is 20.3 Å². The second-order valence-electron chi connectivity index (χ2n) is 5.85. The van der Waals surface area contributed by atoms with Crippen molar-refractivity contribution in [2.24, 2.45) is 5.73 Å². The average molecular weight is 277 g/mol. The topological polar surface area (TPSA) is 41.7 Å². The summed E-state index contributed by atoms with van der Waals surface area (Å²) in [5, 5.41) is 0. The molecule has 2 unspecified atom stereocenters. The van der Waals surface area contributed by atoms with Crippen LogP contribution in [0, 0.1) is 0 Å². The van der Waals surface area contributed by atoms with E-state index in [4.69, 9.17) is 10.5 Å². The van der Waals surface area contributed by atoms with Crippen LogP contribution in [0.1, 0.15) is 24.4 Å². The average Bonchev–Trinajstić information content (AvgIpc) is 2.84. The normalized spacial score (nSPS) is 21.4. The minimum Gasteiger partial charge on any atom is -0.496 e. The Hall–Kier alpha value is -1.10. The zero-order valence-corrected chi connectivity index (χ0v) is 12.9. The molecule has 2 rings (SSSR count). The maximum atomic E-state index is 6.35. The Balaban J connectivity index is 1.91. The zero-order chi connectivity index (χ0) is 14.5. The minimum absolute atomic E-state index is 0.0112. The molecule has 0 aliphatic carbocycles. The molecule has 1 fully saturated rings. The first-order valence-electron chi connectivity index (χ1n) is 7.39. The summed E-state index contributed by atoms with van der Waals surface area (Å²) in [5.74, 6) is 0.881. The van der Waals surface area contributed by atoms with Crippen molar-refractivity contribution in [2.45, 2.75) is 24.9 Å². The molecule has 1 heterocycles. The number of para-hydroxylation sites is 1.